The fourth-order valence-corrected chi connectivity index (χ4v) is 1.59. The van der Waals surface area contributed by atoms with Gasteiger partial charge in [-0.3, -0.25) is 9.78 Å². The fraction of sp³-hybridized carbons (Fsp3) is 0.250. The Labute approximate surface area is 93.0 Å². The molecule has 0 radical (unpaired) electrons. The van der Waals surface area contributed by atoms with Crippen molar-refractivity contribution in [3.63, 3.8) is 0 Å². The summed E-state index contributed by atoms with van der Waals surface area (Å²) in [6.45, 7) is 2.58. The molecule has 84 valence electrons. The van der Waals surface area contributed by atoms with Crippen LogP contribution < -0.4 is 16.0 Å². The molecule has 2 aromatic rings. The Kier molecular flexibility index (Phi) is 2.81. The second kappa shape index (κ2) is 4.26. The summed E-state index contributed by atoms with van der Waals surface area (Å²) in [6.07, 6.45) is 0.890. The zero-order valence-corrected chi connectivity index (χ0v) is 9.12. The van der Waals surface area contributed by atoms with Crippen LogP contribution >= 0.6 is 0 Å². The number of H-pyrrole nitrogens is 1. The number of ether oxygens (including phenoxy) is 1. The van der Waals surface area contributed by atoms with Crippen LogP contribution in [0.3, 0.4) is 0 Å². The van der Waals surface area contributed by atoms with Gasteiger partial charge in [-0.05, 0) is 12.5 Å². The monoisotopic (exact) mass is 218 g/mol. The summed E-state index contributed by atoms with van der Waals surface area (Å²) in [7, 11) is 0. The van der Waals surface area contributed by atoms with E-state index in [9.17, 15) is 4.79 Å². The van der Waals surface area contributed by atoms with Crippen molar-refractivity contribution < 1.29 is 4.74 Å². The van der Waals surface area contributed by atoms with Crippen molar-refractivity contribution in [2.75, 3.05) is 12.3 Å². The van der Waals surface area contributed by atoms with Gasteiger partial charge < -0.3 is 10.5 Å². The highest BCUT2D eigenvalue weighted by Gasteiger charge is 2.08. The number of anilines is 1. The van der Waals surface area contributed by atoms with Crippen molar-refractivity contribution >= 4 is 16.5 Å². The zero-order valence-electron chi connectivity index (χ0n) is 9.12. The van der Waals surface area contributed by atoms with Crippen molar-refractivity contribution in [2.24, 2.45) is 0 Å². The third-order valence-electron chi connectivity index (χ3n) is 2.38. The van der Waals surface area contributed by atoms with Crippen molar-refractivity contribution in [3.05, 3.63) is 34.6 Å². The van der Waals surface area contributed by atoms with E-state index >= 15 is 0 Å². The SMILES string of the molecule is CCCOc1[nH]c(=O)c(N)c2ccccc12. The van der Waals surface area contributed by atoms with Gasteiger partial charge in [-0.15, -0.1) is 0 Å². The number of fused-ring (bicyclic) bond motifs is 1. The summed E-state index contributed by atoms with van der Waals surface area (Å²) in [5.74, 6) is 0.497. The highest BCUT2D eigenvalue weighted by molar-refractivity contribution is 5.95. The first-order valence-electron chi connectivity index (χ1n) is 5.27. The summed E-state index contributed by atoms with van der Waals surface area (Å²) < 4.78 is 5.49. The molecule has 0 saturated carbocycles. The third-order valence-corrected chi connectivity index (χ3v) is 2.38. The van der Waals surface area contributed by atoms with Gasteiger partial charge in [-0.2, -0.15) is 0 Å². The van der Waals surface area contributed by atoms with Gasteiger partial charge in [0, 0.05) is 10.8 Å². The molecule has 0 spiro atoms. The highest BCUT2D eigenvalue weighted by atomic mass is 16.5. The Morgan fingerprint density at radius 2 is 2.00 bits per heavy atom. The molecule has 0 atom stereocenters. The number of hydrogen-bond acceptors (Lipinski definition) is 3. The maximum Gasteiger partial charge on any atom is 0.274 e. The van der Waals surface area contributed by atoms with Gasteiger partial charge in [0.15, 0.2) is 0 Å². The third kappa shape index (κ3) is 1.74. The summed E-state index contributed by atoms with van der Waals surface area (Å²) in [4.78, 5) is 14.2. The van der Waals surface area contributed by atoms with E-state index in [0.717, 1.165) is 17.2 Å². The van der Waals surface area contributed by atoms with E-state index in [1.165, 1.54) is 0 Å². The van der Waals surface area contributed by atoms with Gasteiger partial charge in [0.2, 0.25) is 5.88 Å². The van der Waals surface area contributed by atoms with Gasteiger partial charge >= 0.3 is 0 Å². The first-order valence-corrected chi connectivity index (χ1v) is 5.27. The first kappa shape index (κ1) is 10.5. The molecule has 0 aliphatic carbocycles. The number of benzene rings is 1. The minimum absolute atomic E-state index is 0.236. The molecule has 4 heteroatoms. The largest absolute Gasteiger partial charge is 0.478 e. The number of pyridine rings is 1. The lowest BCUT2D eigenvalue weighted by atomic mass is 10.1. The van der Waals surface area contributed by atoms with E-state index in [1.807, 2.05) is 31.2 Å². The molecule has 0 bridgehead atoms. The minimum Gasteiger partial charge on any atom is -0.478 e. The normalized spacial score (nSPS) is 10.6. The lowest BCUT2D eigenvalue weighted by Crippen LogP contribution is -2.14. The molecule has 3 N–H and O–H groups in total. The molecule has 0 saturated heterocycles. The molecule has 1 aromatic heterocycles. The molecule has 0 fully saturated rings. The van der Waals surface area contributed by atoms with Crippen molar-refractivity contribution in [2.45, 2.75) is 13.3 Å². The van der Waals surface area contributed by atoms with Gasteiger partial charge in [0.25, 0.3) is 5.56 Å². The quantitative estimate of drug-likeness (QED) is 0.826. The molecule has 2 rings (SSSR count). The predicted octanol–water partition coefficient (Wildman–Crippen LogP) is 1.90. The van der Waals surface area contributed by atoms with Crippen molar-refractivity contribution in [1.29, 1.82) is 0 Å². The average Bonchev–Trinajstić information content (AvgIpc) is 2.32. The van der Waals surface area contributed by atoms with Gasteiger partial charge in [0.1, 0.15) is 5.69 Å². The zero-order chi connectivity index (χ0) is 11.5. The summed E-state index contributed by atoms with van der Waals surface area (Å²) >= 11 is 0. The number of aromatic amines is 1. The molecular weight excluding hydrogens is 204 g/mol. The topological polar surface area (TPSA) is 68.1 Å². The van der Waals surface area contributed by atoms with Crippen molar-refractivity contribution in [1.82, 2.24) is 4.98 Å². The number of nitrogens with one attached hydrogen (secondary N) is 1. The van der Waals surface area contributed by atoms with Crippen LogP contribution in [0.25, 0.3) is 10.8 Å². The summed E-state index contributed by atoms with van der Waals surface area (Å²) in [5, 5.41) is 1.57. The molecular formula is C12H14N2O2. The minimum atomic E-state index is -0.301. The van der Waals surface area contributed by atoms with Crippen LogP contribution in [0, 0.1) is 0 Å². The molecule has 0 aliphatic heterocycles. The van der Waals surface area contributed by atoms with Gasteiger partial charge in [0.05, 0.1) is 6.61 Å². The molecule has 1 heterocycles. The lowest BCUT2D eigenvalue weighted by Gasteiger charge is -2.09. The molecule has 4 nitrogen and oxygen atoms in total. The standard InChI is InChI=1S/C12H14N2O2/c1-2-7-16-12-9-6-4-3-5-8(9)10(13)11(15)14-12/h3-6H,2,7,13H2,1H3,(H,14,15). The Hall–Kier alpha value is -1.97. The maximum absolute atomic E-state index is 11.6. The summed E-state index contributed by atoms with van der Waals surface area (Å²) in [5.41, 5.74) is 5.65. The number of nitrogen functional groups attached to an aromatic ring is 1. The molecule has 1 aromatic carbocycles. The van der Waals surface area contributed by atoms with E-state index in [4.69, 9.17) is 10.5 Å². The number of nitrogens with two attached hydrogens (primary N) is 1. The summed E-state index contributed by atoms with van der Waals surface area (Å²) in [6, 6.07) is 7.44. The average molecular weight is 218 g/mol. The van der Waals surface area contributed by atoms with Gasteiger partial charge in [-0.25, -0.2) is 0 Å². The Morgan fingerprint density at radius 1 is 1.31 bits per heavy atom. The van der Waals surface area contributed by atoms with Crippen LogP contribution in [0.4, 0.5) is 5.69 Å². The fourth-order valence-electron chi connectivity index (χ4n) is 1.59. The number of rotatable bonds is 3. The smallest absolute Gasteiger partial charge is 0.274 e. The van der Waals surface area contributed by atoms with E-state index in [2.05, 4.69) is 4.98 Å². The second-order valence-corrected chi connectivity index (χ2v) is 3.59. The van der Waals surface area contributed by atoms with Crippen LogP contribution in [0.15, 0.2) is 29.1 Å². The molecule has 16 heavy (non-hydrogen) atoms. The van der Waals surface area contributed by atoms with Crippen LogP contribution in [-0.2, 0) is 0 Å². The van der Waals surface area contributed by atoms with E-state index in [0.29, 0.717) is 12.5 Å². The van der Waals surface area contributed by atoms with Crippen molar-refractivity contribution in [3.8, 4) is 5.88 Å². The van der Waals surface area contributed by atoms with Crippen LogP contribution in [0.2, 0.25) is 0 Å². The molecule has 0 amide bonds. The lowest BCUT2D eigenvalue weighted by molar-refractivity contribution is 0.309. The van der Waals surface area contributed by atoms with Crippen LogP contribution in [0.5, 0.6) is 5.88 Å². The first-order chi connectivity index (χ1) is 7.74. The molecule has 0 unspecified atom stereocenters. The number of aromatic nitrogens is 1. The second-order valence-electron chi connectivity index (χ2n) is 3.59. The van der Waals surface area contributed by atoms with E-state index in [1.54, 1.807) is 0 Å². The molecule has 0 aliphatic rings. The Balaban J connectivity index is 2.65. The Bertz CT molecular complexity index is 560. The van der Waals surface area contributed by atoms with Crippen LogP contribution in [-0.4, -0.2) is 11.6 Å². The van der Waals surface area contributed by atoms with Gasteiger partial charge in [-0.1, -0.05) is 25.1 Å². The number of hydrogen-bond donors (Lipinski definition) is 2. The Morgan fingerprint density at radius 3 is 2.69 bits per heavy atom. The highest BCUT2D eigenvalue weighted by Crippen LogP contribution is 2.24. The van der Waals surface area contributed by atoms with Crippen LogP contribution in [0.1, 0.15) is 13.3 Å². The van der Waals surface area contributed by atoms with E-state index < -0.39 is 0 Å². The predicted molar refractivity (Wildman–Crippen MR) is 64.8 cm³/mol. The maximum atomic E-state index is 11.6. The van der Waals surface area contributed by atoms with E-state index in [-0.39, 0.29) is 11.2 Å².